The first-order valence-corrected chi connectivity index (χ1v) is 26.6. The maximum absolute atomic E-state index is 11.8. The van der Waals surface area contributed by atoms with E-state index < -0.39 is 81.3 Å². The molecule has 1 fully saturated rings. The van der Waals surface area contributed by atoms with E-state index in [1.807, 2.05) is 31.2 Å². The van der Waals surface area contributed by atoms with Gasteiger partial charge in [-0.25, -0.2) is 38.5 Å². The normalized spacial score (nSPS) is 12.4. The number of hydrogen-bond acceptors (Lipinski definition) is 22. The molecule has 1 saturated heterocycles. The number of carbonyl (C=O) groups excluding carboxylic acids is 3. The van der Waals surface area contributed by atoms with Crippen molar-refractivity contribution in [2.75, 3.05) is 0 Å². The van der Waals surface area contributed by atoms with Gasteiger partial charge in [-0.1, -0.05) is 0 Å². The Morgan fingerprint density at radius 2 is 0.767 bits per heavy atom. The number of nitrogens with zero attached hydrogens (tertiary/aromatic N) is 7. The molecule has 0 spiro atoms. The van der Waals surface area contributed by atoms with Crippen molar-refractivity contribution >= 4 is 58.3 Å². The molecular formula is C43H39N7Na2O16RuS4. The van der Waals surface area contributed by atoms with Crippen molar-refractivity contribution in [3.8, 4) is 34.2 Å². The van der Waals surface area contributed by atoms with E-state index in [1.54, 1.807) is 12.4 Å². The van der Waals surface area contributed by atoms with Crippen LogP contribution in [-0.2, 0) is 109 Å². The number of imide groups is 1. The third-order valence-electron chi connectivity index (χ3n) is 9.24. The zero-order valence-electron chi connectivity index (χ0n) is 38.9. The van der Waals surface area contributed by atoms with E-state index in [-0.39, 0.29) is 143 Å². The molecule has 30 heteroatoms. The van der Waals surface area contributed by atoms with Crippen LogP contribution in [0.3, 0.4) is 0 Å². The molecule has 1 aliphatic rings. The summed E-state index contributed by atoms with van der Waals surface area (Å²) in [5.41, 5.74) is 5.75. The van der Waals surface area contributed by atoms with Crippen molar-refractivity contribution in [3.05, 3.63) is 143 Å². The second kappa shape index (κ2) is 29.2. The number of amides is 2. The molecule has 376 valence electrons. The Hall–Kier alpha value is -4.23. The Balaban J connectivity index is 0.000000369. The van der Waals surface area contributed by atoms with Gasteiger partial charge in [0, 0.05) is 56.4 Å². The Bertz CT molecular complexity index is 3050. The molecule has 0 radical (unpaired) electrons. The Labute approximate surface area is 477 Å². The van der Waals surface area contributed by atoms with Crippen molar-refractivity contribution < 1.29 is 150 Å². The smallest absolute Gasteiger partial charge is 0.748 e. The molecule has 1 aliphatic heterocycles. The van der Waals surface area contributed by atoms with Gasteiger partial charge < -0.3 is 23.0 Å². The van der Waals surface area contributed by atoms with Crippen LogP contribution >= 0.6 is 0 Å². The number of carbonyl (C=O) groups is 3. The summed E-state index contributed by atoms with van der Waals surface area (Å²) in [7, 11) is -17.7. The molecule has 0 atom stereocenters. The predicted molar refractivity (Wildman–Crippen MR) is 241 cm³/mol. The summed E-state index contributed by atoms with van der Waals surface area (Å²) in [5, 5.41) is 0.580. The molecule has 0 N–H and O–H groups in total. The fraction of sp³-hybridized carbons (Fsp3) is 0.233. The molecule has 0 aromatic carbocycles. The summed E-state index contributed by atoms with van der Waals surface area (Å²) in [6.07, 6.45) is 10.2. The van der Waals surface area contributed by atoms with Crippen molar-refractivity contribution in [1.82, 2.24) is 35.0 Å². The van der Waals surface area contributed by atoms with E-state index in [0.29, 0.717) is 17.9 Å². The zero-order valence-corrected chi connectivity index (χ0v) is 47.9. The van der Waals surface area contributed by atoms with E-state index >= 15 is 0 Å². The van der Waals surface area contributed by atoms with Gasteiger partial charge in [-0.15, -0.1) is 5.06 Å². The molecule has 23 nitrogen and oxygen atoms in total. The molecule has 73 heavy (non-hydrogen) atoms. The third kappa shape index (κ3) is 23.9. The second-order valence-corrected chi connectivity index (χ2v) is 20.8. The van der Waals surface area contributed by atoms with E-state index in [2.05, 4.69) is 29.9 Å². The second-order valence-electron chi connectivity index (χ2n) is 15.2. The molecule has 2 amide bonds. The van der Waals surface area contributed by atoms with Gasteiger partial charge in [-0.2, -0.15) is 0 Å². The van der Waals surface area contributed by atoms with Crippen LogP contribution in [0.25, 0.3) is 34.2 Å². The van der Waals surface area contributed by atoms with E-state index in [4.69, 9.17) is 4.84 Å². The van der Waals surface area contributed by atoms with Crippen LogP contribution in [-0.4, -0.2) is 105 Å². The van der Waals surface area contributed by atoms with Gasteiger partial charge in [0.15, 0.2) is 0 Å². The van der Waals surface area contributed by atoms with Crippen molar-refractivity contribution in [1.29, 1.82) is 0 Å². The van der Waals surface area contributed by atoms with E-state index in [9.17, 15) is 66.3 Å². The van der Waals surface area contributed by atoms with Crippen LogP contribution in [0, 0.1) is 6.92 Å². The number of aryl methyl sites for hydroxylation is 2. The summed E-state index contributed by atoms with van der Waals surface area (Å²) < 4.78 is 129. The first-order valence-electron chi connectivity index (χ1n) is 20.3. The van der Waals surface area contributed by atoms with E-state index in [1.165, 1.54) is 73.3 Å². The maximum atomic E-state index is 11.8. The van der Waals surface area contributed by atoms with Gasteiger partial charge in [0.2, 0.25) is 0 Å². The van der Waals surface area contributed by atoms with Crippen molar-refractivity contribution in [3.63, 3.8) is 0 Å². The van der Waals surface area contributed by atoms with Crippen LogP contribution in [0.15, 0.2) is 110 Å². The first-order chi connectivity index (χ1) is 32.8. The molecule has 0 bridgehead atoms. The van der Waals surface area contributed by atoms with Gasteiger partial charge in [0.25, 0.3) is 11.8 Å². The summed E-state index contributed by atoms with van der Waals surface area (Å²) in [4.78, 5) is 64.2. The number of hydrogen-bond donors (Lipinski definition) is 0. The average Bonchev–Trinajstić information content (AvgIpc) is 3.57. The molecular weight excluding hydrogens is 1150 g/mol. The van der Waals surface area contributed by atoms with Gasteiger partial charge in [0.1, 0.15) is 0 Å². The summed E-state index contributed by atoms with van der Waals surface area (Å²) in [6, 6.07) is 18.7. The SMILES string of the molecule is Cc1ccnc(-c2cc(CCCC(=O)ON3C(=O)CCC3=O)ccn2)c1.O=S(=O)([O-])Cc1ccnc(-c2cc(CS(=O)(=O)[O-])ccn2)c1.O=S(=O)([O-])Cc1ccnc(-c2cc(CS(=O)(=O)[O-])ccn2)c1.[Na+].[Na+].[Ru+2]. The molecule has 6 aromatic rings. The monoisotopic (exact) mass is 1190 g/mol. The quantitative estimate of drug-likeness (QED) is 0.0525. The summed E-state index contributed by atoms with van der Waals surface area (Å²) >= 11 is 0. The van der Waals surface area contributed by atoms with Gasteiger partial charge >= 0.3 is 84.6 Å². The minimum atomic E-state index is -4.43. The summed E-state index contributed by atoms with van der Waals surface area (Å²) in [5.74, 6) is -4.24. The molecule has 0 aliphatic carbocycles. The molecule has 6 aromatic heterocycles. The maximum Gasteiger partial charge on any atom is 2.00 e. The average molecular weight is 1190 g/mol. The molecule has 7 rings (SSSR count). The van der Waals surface area contributed by atoms with Crippen LogP contribution in [0.2, 0.25) is 0 Å². The van der Waals surface area contributed by atoms with Crippen LogP contribution < -0.4 is 59.1 Å². The number of aromatic nitrogens is 6. The fourth-order valence-corrected chi connectivity index (χ4v) is 8.67. The number of hydroxylamine groups is 2. The van der Waals surface area contributed by atoms with Crippen LogP contribution in [0.1, 0.15) is 59.1 Å². The zero-order chi connectivity index (χ0) is 51.3. The van der Waals surface area contributed by atoms with Crippen LogP contribution in [0.5, 0.6) is 0 Å². The van der Waals surface area contributed by atoms with Crippen LogP contribution in [0.4, 0.5) is 0 Å². The summed E-state index contributed by atoms with van der Waals surface area (Å²) in [6.45, 7) is 2.00. The van der Waals surface area contributed by atoms with E-state index in [0.717, 1.165) is 22.5 Å². The van der Waals surface area contributed by atoms with Crippen molar-refractivity contribution in [2.24, 2.45) is 0 Å². The molecule has 0 unspecified atom stereocenters. The van der Waals surface area contributed by atoms with Gasteiger partial charge in [0.05, 0.1) is 97.6 Å². The molecule has 0 saturated carbocycles. The molecule has 7 heterocycles. The number of rotatable bonds is 16. The standard InChI is InChI=1S/C19H19N3O4.2C12H12N2O6S2.2Na.Ru/c1-13-7-9-20-15(11-13)16-12-14(8-10-21-16)3-2-4-19(25)26-22-17(23)5-6-18(22)24;2*15-21(16,17)7-9-1-3-13-11(5-9)12-6-10(2-4-14-12)8-22(18,19)20;;;/h7-12H,2-6H2,1H3;2*1-6H,7-8H2,(H,15,16,17)(H,18,19,20);;;/q;;;2*+1;+2/p-4. The Kier molecular flexibility index (Phi) is 25.9. The predicted octanol–water partition coefficient (Wildman–Crippen LogP) is -3.14. The van der Waals surface area contributed by atoms with Gasteiger partial charge in [-0.3, -0.25) is 39.5 Å². The first kappa shape index (κ1) is 64.9. The Morgan fingerprint density at radius 1 is 0.493 bits per heavy atom. The van der Waals surface area contributed by atoms with Crippen molar-refractivity contribution in [2.45, 2.75) is 62.0 Å². The fourth-order valence-electron chi connectivity index (χ4n) is 6.32. The third-order valence-corrected chi connectivity index (χ3v) is 12.0. The topological polar surface area (TPSA) is 370 Å². The minimum Gasteiger partial charge on any atom is -0.748 e. The largest absolute Gasteiger partial charge is 2.00 e. The minimum absolute atomic E-state index is 0. The van der Waals surface area contributed by atoms with Gasteiger partial charge in [-0.05, 0) is 126 Å². The Morgan fingerprint density at radius 3 is 1.07 bits per heavy atom. The number of pyridine rings is 6.